The number of cyclic esters (lactones) is 1. The van der Waals surface area contributed by atoms with Gasteiger partial charge in [-0.2, -0.15) is 0 Å². The van der Waals surface area contributed by atoms with Crippen molar-refractivity contribution in [1.82, 2.24) is 4.90 Å². The summed E-state index contributed by atoms with van der Waals surface area (Å²) in [6.07, 6.45) is -1.21. The van der Waals surface area contributed by atoms with Crippen molar-refractivity contribution in [2.24, 2.45) is 0 Å². The van der Waals surface area contributed by atoms with Crippen molar-refractivity contribution in [2.45, 2.75) is 12.7 Å². The number of hydrogen-bond acceptors (Lipinski definition) is 6. The van der Waals surface area contributed by atoms with Crippen LogP contribution in [-0.2, 0) is 16.1 Å². The van der Waals surface area contributed by atoms with E-state index in [1.165, 1.54) is 4.90 Å². The Labute approximate surface area is 175 Å². The predicted molar refractivity (Wildman–Crippen MR) is 112 cm³/mol. The number of nitrogens with zero attached hydrogens (tertiary/aromatic N) is 3. The van der Waals surface area contributed by atoms with E-state index in [1.807, 2.05) is 54.6 Å². The summed E-state index contributed by atoms with van der Waals surface area (Å²) in [5, 5.41) is 9.17. The minimum atomic E-state index is -0.480. The fourth-order valence-electron chi connectivity index (χ4n) is 3.63. The van der Waals surface area contributed by atoms with Gasteiger partial charge in [0, 0.05) is 37.6 Å². The molecule has 2 aliphatic heterocycles. The van der Waals surface area contributed by atoms with E-state index in [1.54, 1.807) is 4.90 Å². The van der Waals surface area contributed by atoms with E-state index in [2.05, 4.69) is 4.90 Å². The lowest BCUT2D eigenvalue weighted by atomic mass is 10.2. The first-order valence-corrected chi connectivity index (χ1v) is 10.0. The minimum Gasteiger partial charge on any atom is -0.445 e. The van der Waals surface area contributed by atoms with Crippen LogP contribution in [0.2, 0.25) is 0 Å². The normalized spacial score (nSPS) is 19.0. The fraction of sp³-hybridized carbons (Fsp3) is 0.364. The molecule has 1 atom stereocenters. The van der Waals surface area contributed by atoms with E-state index in [4.69, 9.17) is 14.6 Å². The zero-order chi connectivity index (χ0) is 20.9. The number of ether oxygens (including phenoxy) is 2. The van der Waals surface area contributed by atoms with Gasteiger partial charge in [-0.15, -0.1) is 0 Å². The first kappa shape index (κ1) is 20.0. The van der Waals surface area contributed by atoms with Gasteiger partial charge in [-0.05, 0) is 29.8 Å². The van der Waals surface area contributed by atoms with Gasteiger partial charge in [0.15, 0.2) is 0 Å². The standard InChI is InChI=1S/C22H25N3O5/c26-15-20-14-25(22(28)30-20)19-8-6-18(7-9-19)23-10-12-24(13-11-23)21(27)29-16-17-4-2-1-3-5-17/h1-9,20,26H,10-16H2. The number of aliphatic hydroxyl groups is 1. The van der Waals surface area contributed by atoms with Crippen molar-refractivity contribution < 1.29 is 24.2 Å². The number of carbonyl (C=O) groups excluding carboxylic acids is 2. The molecule has 4 rings (SSSR count). The first-order valence-electron chi connectivity index (χ1n) is 10.0. The number of anilines is 2. The van der Waals surface area contributed by atoms with Crippen molar-refractivity contribution in [1.29, 1.82) is 0 Å². The van der Waals surface area contributed by atoms with Crippen LogP contribution in [0.3, 0.4) is 0 Å². The average molecular weight is 411 g/mol. The first-order chi connectivity index (χ1) is 14.6. The third-order valence-corrected chi connectivity index (χ3v) is 5.35. The van der Waals surface area contributed by atoms with Gasteiger partial charge < -0.3 is 24.4 Å². The third-order valence-electron chi connectivity index (χ3n) is 5.35. The highest BCUT2D eigenvalue weighted by atomic mass is 16.6. The minimum absolute atomic E-state index is 0.182. The van der Waals surface area contributed by atoms with Crippen LogP contribution in [0.1, 0.15) is 5.56 Å². The van der Waals surface area contributed by atoms with Gasteiger partial charge in [0.05, 0.1) is 13.2 Å². The summed E-state index contributed by atoms with van der Waals surface area (Å²) in [4.78, 5) is 29.7. The molecule has 2 saturated heterocycles. The number of benzene rings is 2. The summed E-state index contributed by atoms with van der Waals surface area (Å²) in [5.74, 6) is 0. The van der Waals surface area contributed by atoms with Crippen LogP contribution >= 0.6 is 0 Å². The van der Waals surface area contributed by atoms with Crippen LogP contribution in [0.15, 0.2) is 54.6 Å². The molecule has 2 aromatic carbocycles. The lowest BCUT2D eigenvalue weighted by molar-refractivity contribution is 0.0941. The van der Waals surface area contributed by atoms with Crippen molar-refractivity contribution in [3.05, 3.63) is 60.2 Å². The third kappa shape index (κ3) is 4.49. The topological polar surface area (TPSA) is 82.6 Å². The molecule has 1 unspecified atom stereocenters. The molecule has 2 heterocycles. The van der Waals surface area contributed by atoms with Gasteiger partial charge in [0.1, 0.15) is 12.7 Å². The van der Waals surface area contributed by atoms with Crippen LogP contribution in [0.25, 0.3) is 0 Å². The molecular weight excluding hydrogens is 386 g/mol. The maximum Gasteiger partial charge on any atom is 0.414 e. The van der Waals surface area contributed by atoms with Crippen molar-refractivity contribution in [2.75, 3.05) is 49.1 Å². The molecular formula is C22H25N3O5. The summed E-state index contributed by atoms with van der Waals surface area (Å²) in [5.41, 5.74) is 2.74. The van der Waals surface area contributed by atoms with Crippen molar-refractivity contribution in [3.63, 3.8) is 0 Å². The van der Waals surface area contributed by atoms with Crippen LogP contribution in [-0.4, -0.2) is 67.6 Å². The van der Waals surface area contributed by atoms with Gasteiger partial charge >= 0.3 is 12.2 Å². The zero-order valence-electron chi connectivity index (χ0n) is 16.6. The van der Waals surface area contributed by atoms with Crippen molar-refractivity contribution in [3.8, 4) is 0 Å². The van der Waals surface area contributed by atoms with Crippen LogP contribution in [0.5, 0.6) is 0 Å². The Kier molecular flexibility index (Phi) is 6.04. The Balaban J connectivity index is 1.28. The Bertz CT molecular complexity index is 866. The SMILES string of the molecule is O=C(OCc1ccccc1)N1CCN(c2ccc(N3CC(CO)OC3=O)cc2)CC1. The van der Waals surface area contributed by atoms with Gasteiger partial charge in [-0.1, -0.05) is 30.3 Å². The van der Waals surface area contributed by atoms with Gasteiger partial charge in [-0.3, -0.25) is 4.90 Å². The van der Waals surface area contributed by atoms with E-state index in [0.717, 1.165) is 16.9 Å². The van der Waals surface area contributed by atoms with Gasteiger partial charge in [-0.25, -0.2) is 9.59 Å². The number of carbonyl (C=O) groups is 2. The second kappa shape index (κ2) is 9.04. The number of piperazine rings is 1. The highest BCUT2D eigenvalue weighted by Crippen LogP contribution is 2.25. The van der Waals surface area contributed by atoms with E-state index in [0.29, 0.717) is 32.7 Å². The molecule has 158 valence electrons. The number of amides is 2. The maximum absolute atomic E-state index is 12.3. The largest absolute Gasteiger partial charge is 0.445 e. The average Bonchev–Trinajstić information content (AvgIpc) is 3.19. The zero-order valence-corrected chi connectivity index (χ0v) is 16.6. The van der Waals surface area contributed by atoms with Crippen LogP contribution < -0.4 is 9.80 Å². The predicted octanol–water partition coefficient (Wildman–Crippen LogP) is 2.46. The summed E-state index contributed by atoms with van der Waals surface area (Å²) in [6.45, 7) is 3.03. The van der Waals surface area contributed by atoms with Gasteiger partial charge in [0.25, 0.3) is 0 Å². The van der Waals surface area contributed by atoms with Crippen LogP contribution in [0, 0.1) is 0 Å². The van der Waals surface area contributed by atoms with E-state index in [-0.39, 0.29) is 19.3 Å². The lowest BCUT2D eigenvalue weighted by Crippen LogP contribution is -2.48. The molecule has 0 radical (unpaired) electrons. The molecule has 0 aromatic heterocycles. The number of hydrogen-bond donors (Lipinski definition) is 1. The summed E-state index contributed by atoms with van der Waals surface area (Å²) in [7, 11) is 0. The molecule has 0 spiro atoms. The molecule has 2 fully saturated rings. The maximum atomic E-state index is 12.3. The Hall–Kier alpha value is -3.26. The van der Waals surface area contributed by atoms with E-state index in [9.17, 15) is 9.59 Å². The second-order valence-corrected chi connectivity index (χ2v) is 7.33. The van der Waals surface area contributed by atoms with Crippen LogP contribution in [0.4, 0.5) is 21.0 Å². The van der Waals surface area contributed by atoms with E-state index >= 15 is 0 Å². The summed E-state index contributed by atoms with van der Waals surface area (Å²) >= 11 is 0. The molecule has 2 aliphatic rings. The fourth-order valence-corrected chi connectivity index (χ4v) is 3.63. The second-order valence-electron chi connectivity index (χ2n) is 7.33. The smallest absolute Gasteiger partial charge is 0.414 e. The number of aliphatic hydroxyl groups excluding tert-OH is 1. The van der Waals surface area contributed by atoms with Crippen molar-refractivity contribution >= 4 is 23.6 Å². The molecule has 8 nitrogen and oxygen atoms in total. The molecule has 0 saturated carbocycles. The molecule has 2 amide bonds. The monoisotopic (exact) mass is 411 g/mol. The lowest BCUT2D eigenvalue weighted by Gasteiger charge is -2.35. The molecule has 0 aliphatic carbocycles. The Morgan fingerprint density at radius 1 is 1.00 bits per heavy atom. The van der Waals surface area contributed by atoms with E-state index < -0.39 is 12.2 Å². The summed E-state index contributed by atoms with van der Waals surface area (Å²) in [6, 6.07) is 17.3. The van der Waals surface area contributed by atoms with Gasteiger partial charge in [0.2, 0.25) is 0 Å². The Morgan fingerprint density at radius 2 is 1.67 bits per heavy atom. The molecule has 30 heavy (non-hydrogen) atoms. The highest BCUT2D eigenvalue weighted by Gasteiger charge is 2.32. The molecule has 0 bridgehead atoms. The quantitative estimate of drug-likeness (QED) is 0.814. The number of rotatable bonds is 5. The molecule has 1 N–H and O–H groups in total. The highest BCUT2D eigenvalue weighted by molar-refractivity contribution is 5.90. The Morgan fingerprint density at radius 3 is 2.30 bits per heavy atom. The summed E-state index contributed by atoms with van der Waals surface area (Å²) < 4.78 is 10.5. The molecule has 8 heteroatoms. The molecule has 2 aromatic rings.